The van der Waals surface area contributed by atoms with Crippen LogP contribution in [0.5, 0.6) is 11.5 Å². The van der Waals surface area contributed by atoms with E-state index in [9.17, 15) is 4.79 Å². The largest absolute Gasteiger partial charge is 0.486 e. The number of carbonyl (C=O) groups excluding carboxylic acids is 1. The molecule has 0 aromatic heterocycles. The summed E-state index contributed by atoms with van der Waals surface area (Å²) in [6.07, 6.45) is 3.11. The van der Waals surface area contributed by atoms with E-state index >= 15 is 0 Å². The Morgan fingerprint density at radius 3 is 2.83 bits per heavy atom. The van der Waals surface area contributed by atoms with Gasteiger partial charge in [-0.05, 0) is 30.5 Å². The third-order valence-corrected chi connectivity index (χ3v) is 5.41. The molecule has 0 spiro atoms. The monoisotopic (exact) mass is 351 g/mol. The van der Waals surface area contributed by atoms with Gasteiger partial charge in [0.1, 0.15) is 18.6 Å². The molecule has 132 valence electrons. The van der Waals surface area contributed by atoms with Crippen LogP contribution in [0.3, 0.4) is 0 Å². The van der Waals surface area contributed by atoms with Gasteiger partial charge in [0.15, 0.2) is 11.5 Å². The van der Waals surface area contributed by atoms with E-state index in [1.54, 1.807) is 11.8 Å². The topological polar surface area (TPSA) is 48.0 Å². The predicted octanol–water partition coefficient (Wildman–Crippen LogP) is 3.24. The van der Waals surface area contributed by atoms with E-state index in [0.29, 0.717) is 25.6 Å². The molecule has 1 fully saturated rings. The molecule has 1 saturated heterocycles. The number of carbonyl (C=O) groups is 1. The summed E-state index contributed by atoms with van der Waals surface area (Å²) in [5.41, 5.74) is 1.10. The number of amides is 1. The van der Waals surface area contributed by atoms with Crippen LogP contribution in [-0.2, 0) is 9.53 Å². The maximum atomic E-state index is 12.2. The second kappa shape index (κ2) is 8.62. The van der Waals surface area contributed by atoms with Crippen LogP contribution in [0.4, 0.5) is 0 Å². The molecule has 5 nitrogen and oxygen atoms in total. The number of hydrogen-bond acceptors (Lipinski definition) is 5. The molecule has 6 heteroatoms. The molecule has 0 radical (unpaired) electrons. The summed E-state index contributed by atoms with van der Waals surface area (Å²) >= 11 is 1.67. The van der Waals surface area contributed by atoms with E-state index in [1.165, 1.54) is 0 Å². The molecule has 2 aliphatic heterocycles. The van der Waals surface area contributed by atoms with E-state index in [1.807, 2.05) is 23.1 Å². The fourth-order valence-electron chi connectivity index (χ4n) is 2.87. The van der Waals surface area contributed by atoms with Crippen molar-refractivity contribution in [2.75, 3.05) is 38.7 Å². The molecular weight excluding hydrogens is 326 g/mol. The van der Waals surface area contributed by atoms with Crippen LogP contribution in [0.25, 0.3) is 0 Å². The van der Waals surface area contributed by atoms with E-state index in [4.69, 9.17) is 14.2 Å². The van der Waals surface area contributed by atoms with Gasteiger partial charge < -0.3 is 19.1 Å². The molecule has 1 aromatic rings. The Bertz CT molecular complexity index is 566. The summed E-state index contributed by atoms with van der Waals surface area (Å²) in [6, 6.07) is 5.99. The van der Waals surface area contributed by atoms with Crippen molar-refractivity contribution < 1.29 is 19.0 Å². The van der Waals surface area contributed by atoms with Crippen molar-refractivity contribution in [2.45, 2.75) is 31.6 Å². The van der Waals surface area contributed by atoms with Crippen LogP contribution < -0.4 is 9.47 Å². The molecule has 2 aliphatic rings. The number of ether oxygens (including phenoxy) is 3. The number of hydrogen-bond donors (Lipinski definition) is 0. The Kier molecular flexibility index (Phi) is 6.26. The van der Waals surface area contributed by atoms with Gasteiger partial charge in [-0.1, -0.05) is 19.4 Å². The zero-order valence-corrected chi connectivity index (χ0v) is 15.0. The van der Waals surface area contributed by atoms with Gasteiger partial charge in [-0.25, -0.2) is 0 Å². The minimum absolute atomic E-state index is 0.0592. The van der Waals surface area contributed by atoms with Crippen molar-refractivity contribution >= 4 is 17.7 Å². The summed E-state index contributed by atoms with van der Waals surface area (Å²) in [6.45, 7) is 5.57. The van der Waals surface area contributed by atoms with Gasteiger partial charge in [-0.3, -0.25) is 4.79 Å². The maximum absolute atomic E-state index is 12.2. The fraction of sp³-hybridized carbons (Fsp3) is 0.611. The predicted molar refractivity (Wildman–Crippen MR) is 94.7 cm³/mol. The van der Waals surface area contributed by atoms with E-state index in [0.717, 1.165) is 49.5 Å². The number of rotatable bonds is 8. The van der Waals surface area contributed by atoms with E-state index in [2.05, 4.69) is 6.92 Å². The average molecular weight is 351 g/mol. The maximum Gasteiger partial charge on any atom is 0.233 e. The first-order valence-electron chi connectivity index (χ1n) is 8.68. The molecule has 0 saturated carbocycles. The second-order valence-corrected chi connectivity index (χ2v) is 7.04. The number of thioether (sulfide) groups is 1. The third-order valence-electron chi connectivity index (χ3n) is 4.15. The molecule has 1 amide bonds. The van der Waals surface area contributed by atoms with Gasteiger partial charge in [-0.15, -0.1) is 11.8 Å². The first-order valence-corrected chi connectivity index (χ1v) is 9.73. The second-order valence-electron chi connectivity index (χ2n) is 5.97. The highest BCUT2D eigenvalue weighted by Gasteiger charge is 2.33. The van der Waals surface area contributed by atoms with Crippen LogP contribution in [0.2, 0.25) is 0 Å². The zero-order chi connectivity index (χ0) is 16.8. The summed E-state index contributed by atoms with van der Waals surface area (Å²) in [5, 5.41) is 0.0592. The highest BCUT2D eigenvalue weighted by atomic mass is 32.2. The standard InChI is InChI=1S/C18H25NO4S/c1-2-3-8-21-9-4-7-19-17(20)13-24-18(19)14-5-6-15-16(12-14)23-11-10-22-15/h5-6,12,18H,2-4,7-11,13H2,1H3. The molecule has 1 aromatic carbocycles. The molecule has 0 N–H and O–H groups in total. The van der Waals surface area contributed by atoms with Crippen LogP contribution in [0.15, 0.2) is 18.2 Å². The molecule has 0 aliphatic carbocycles. The number of unbranched alkanes of at least 4 members (excludes halogenated alkanes) is 1. The Hall–Kier alpha value is -1.40. The summed E-state index contributed by atoms with van der Waals surface area (Å²) < 4.78 is 16.8. The third kappa shape index (κ3) is 4.16. The lowest BCUT2D eigenvalue weighted by atomic mass is 10.1. The van der Waals surface area contributed by atoms with Crippen molar-refractivity contribution in [2.24, 2.45) is 0 Å². The quantitative estimate of drug-likeness (QED) is 0.673. The lowest BCUT2D eigenvalue weighted by molar-refractivity contribution is -0.128. The fourth-order valence-corrected chi connectivity index (χ4v) is 4.08. The van der Waals surface area contributed by atoms with Crippen molar-refractivity contribution in [3.05, 3.63) is 23.8 Å². The van der Waals surface area contributed by atoms with Crippen LogP contribution >= 0.6 is 11.8 Å². The highest BCUT2D eigenvalue weighted by molar-refractivity contribution is 8.00. The zero-order valence-electron chi connectivity index (χ0n) is 14.2. The van der Waals surface area contributed by atoms with Crippen molar-refractivity contribution in [1.82, 2.24) is 4.90 Å². The van der Waals surface area contributed by atoms with Gasteiger partial charge in [0, 0.05) is 19.8 Å². The molecule has 24 heavy (non-hydrogen) atoms. The summed E-state index contributed by atoms with van der Waals surface area (Å²) in [7, 11) is 0. The lowest BCUT2D eigenvalue weighted by Gasteiger charge is -2.26. The number of nitrogens with zero attached hydrogens (tertiary/aromatic N) is 1. The normalized spacial score (nSPS) is 19.8. The number of benzene rings is 1. The summed E-state index contributed by atoms with van der Waals surface area (Å²) in [5.74, 6) is 2.31. The van der Waals surface area contributed by atoms with E-state index in [-0.39, 0.29) is 11.3 Å². The Balaban J connectivity index is 1.58. The van der Waals surface area contributed by atoms with Crippen molar-refractivity contribution in [1.29, 1.82) is 0 Å². The van der Waals surface area contributed by atoms with Crippen molar-refractivity contribution in [3.63, 3.8) is 0 Å². The van der Waals surface area contributed by atoms with Crippen LogP contribution in [-0.4, -0.2) is 49.5 Å². The Labute approximate surface area is 147 Å². The molecule has 1 unspecified atom stereocenters. The minimum atomic E-state index is 0.0592. The van der Waals surface area contributed by atoms with Gasteiger partial charge in [-0.2, -0.15) is 0 Å². The lowest BCUT2D eigenvalue weighted by Crippen LogP contribution is -2.30. The van der Waals surface area contributed by atoms with Gasteiger partial charge in [0.2, 0.25) is 5.91 Å². The van der Waals surface area contributed by atoms with Crippen molar-refractivity contribution in [3.8, 4) is 11.5 Å². The SMILES string of the molecule is CCCCOCCCN1C(=O)CSC1c1ccc2c(c1)OCCO2. The van der Waals surface area contributed by atoms with Crippen LogP contribution in [0.1, 0.15) is 37.1 Å². The Morgan fingerprint density at radius 1 is 1.21 bits per heavy atom. The first-order chi connectivity index (χ1) is 11.8. The highest BCUT2D eigenvalue weighted by Crippen LogP contribution is 2.42. The van der Waals surface area contributed by atoms with Gasteiger partial charge >= 0.3 is 0 Å². The summed E-state index contributed by atoms with van der Waals surface area (Å²) in [4.78, 5) is 14.2. The van der Waals surface area contributed by atoms with Gasteiger partial charge in [0.05, 0.1) is 5.75 Å². The van der Waals surface area contributed by atoms with Gasteiger partial charge in [0.25, 0.3) is 0 Å². The van der Waals surface area contributed by atoms with E-state index < -0.39 is 0 Å². The molecule has 0 bridgehead atoms. The minimum Gasteiger partial charge on any atom is -0.486 e. The molecular formula is C18H25NO4S. The Morgan fingerprint density at radius 2 is 2.00 bits per heavy atom. The first kappa shape index (κ1) is 17.4. The number of fused-ring (bicyclic) bond motifs is 1. The molecule has 3 rings (SSSR count). The molecule has 2 heterocycles. The smallest absolute Gasteiger partial charge is 0.233 e. The average Bonchev–Trinajstić information content (AvgIpc) is 2.98. The molecule has 1 atom stereocenters. The van der Waals surface area contributed by atoms with Crippen LogP contribution in [0, 0.1) is 0 Å².